The smallest absolute Gasteiger partial charge is 0.164 e. The molecule has 0 radical (unpaired) electrons. The molecule has 0 saturated carbocycles. The Labute approximate surface area is 268 Å². The molecule has 8 rings (SSSR count). The maximum Gasteiger partial charge on any atom is 0.164 e. The van der Waals surface area contributed by atoms with Crippen molar-refractivity contribution in [2.45, 2.75) is 0 Å². The van der Waals surface area contributed by atoms with E-state index in [-0.39, 0.29) is 0 Å². The van der Waals surface area contributed by atoms with Gasteiger partial charge in [-0.05, 0) is 56.3 Å². The van der Waals surface area contributed by atoms with E-state index in [0.29, 0.717) is 17.5 Å². The molecule has 0 aliphatic heterocycles. The Morgan fingerprint density at radius 1 is 0.261 bits per heavy atom. The minimum Gasteiger partial charge on any atom is -0.208 e. The van der Waals surface area contributed by atoms with E-state index in [4.69, 9.17) is 15.0 Å². The topological polar surface area (TPSA) is 38.7 Å². The average molecular weight is 588 g/mol. The maximum atomic E-state index is 4.98. The van der Waals surface area contributed by atoms with Crippen molar-refractivity contribution < 1.29 is 0 Å². The van der Waals surface area contributed by atoms with Crippen molar-refractivity contribution >= 4 is 10.8 Å². The van der Waals surface area contributed by atoms with Gasteiger partial charge in [0.05, 0.1) is 0 Å². The Bertz CT molecular complexity index is 2230. The van der Waals surface area contributed by atoms with Crippen molar-refractivity contribution in [3.8, 4) is 67.5 Å². The molecule has 0 spiro atoms. The van der Waals surface area contributed by atoms with Crippen LogP contribution in [0.25, 0.3) is 78.3 Å². The number of rotatable bonds is 6. The fraction of sp³-hybridized carbons (Fsp3) is 0. The van der Waals surface area contributed by atoms with Crippen molar-refractivity contribution in [2.24, 2.45) is 0 Å². The summed E-state index contributed by atoms with van der Waals surface area (Å²) in [6.45, 7) is 0. The van der Waals surface area contributed by atoms with Gasteiger partial charge in [0.2, 0.25) is 0 Å². The Morgan fingerprint density at radius 2 is 0.739 bits per heavy atom. The van der Waals surface area contributed by atoms with Crippen LogP contribution < -0.4 is 0 Å². The number of benzene rings is 7. The van der Waals surface area contributed by atoms with Crippen LogP contribution in [-0.2, 0) is 0 Å². The summed E-state index contributed by atoms with van der Waals surface area (Å²) in [4.78, 5) is 14.8. The number of nitrogens with zero attached hydrogens (tertiary/aromatic N) is 3. The van der Waals surface area contributed by atoms with Gasteiger partial charge < -0.3 is 0 Å². The van der Waals surface area contributed by atoms with E-state index < -0.39 is 0 Å². The third-order valence-corrected chi connectivity index (χ3v) is 8.34. The van der Waals surface area contributed by atoms with Gasteiger partial charge in [-0.15, -0.1) is 0 Å². The summed E-state index contributed by atoms with van der Waals surface area (Å²) in [6.07, 6.45) is 0. The molecule has 46 heavy (non-hydrogen) atoms. The zero-order valence-electron chi connectivity index (χ0n) is 25.1. The molecule has 0 aliphatic rings. The van der Waals surface area contributed by atoms with E-state index in [0.717, 1.165) is 27.8 Å². The van der Waals surface area contributed by atoms with Gasteiger partial charge in [-0.3, -0.25) is 0 Å². The van der Waals surface area contributed by atoms with Crippen molar-refractivity contribution in [1.29, 1.82) is 0 Å². The normalized spacial score (nSPS) is 11.0. The third-order valence-electron chi connectivity index (χ3n) is 8.34. The maximum absolute atomic E-state index is 4.98. The summed E-state index contributed by atoms with van der Waals surface area (Å²) in [5.74, 6) is 1.95. The fourth-order valence-corrected chi connectivity index (χ4v) is 6.06. The molecule has 3 heteroatoms. The molecule has 1 heterocycles. The molecule has 0 saturated heterocycles. The summed E-state index contributed by atoms with van der Waals surface area (Å²) >= 11 is 0. The van der Waals surface area contributed by atoms with E-state index in [1.807, 2.05) is 60.7 Å². The molecular formula is C43H29N3. The van der Waals surface area contributed by atoms with Gasteiger partial charge in [0, 0.05) is 16.7 Å². The molecule has 0 aliphatic carbocycles. The summed E-state index contributed by atoms with van der Waals surface area (Å²) < 4.78 is 0. The zero-order valence-corrected chi connectivity index (χ0v) is 25.1. The molecule has 7 aromatic carbocycles. The Kier molecular flexibility index (Phi) is 7.18. The van der Waals surface area contributed by atoms with Gasteiger partial charge >= 0.3 is 0 Å². The second-order valence-corrected chi connectivity index (χ2v) is 11.3. The zero-order chi connectivity index (χ0) is 30.7. The lowest BCUT2D eigenvalue weighted by Gasteiger charge is -2.15. The Balaban J connectivity index is 1.28. The molecule has 8 aromatic rings. The number of aromatic nitrogens is 3. The fourth-order valence-electron chi connectivity index (χ4n) is 6.06. The number of hydrogen-bond donors (Lipinski definition) is 0. The van der Waals surface area contributed by atoms with Crippen LogP contribution in [0.4, 0.5) is 0 Å². The van der Waals surface area contributed by atoms with Gasteiger partial charge in [0.25, 0.3) is 0 Å². The van der Waals surface area contributed by atoms with Gasteiger partial charge in [0.15, 0.2) is 17.5 Å². The molecule has 0 unspecified atom stereocenters. The lowest BCUT2D eigenvalue weighted by molar-refractivity contribution is 1.07. The second-order valence-electron chi connectivity index (χ2n) is 11.3. The molecule has 216 valence electrons. The summed E-state index contributed by atoms with van der Waals surface area (Å²) in [6, 6.07) is 61.2. The van der Waals surface area contributed by atoms with Gasteiger partial charge in [-0.2, -0.15) is 0 Å². The van der Waals surface area contributed by atoms with E-state index >= 15 is 0 Å². The van der Waals surface area contributed by atoms with E-state index in [1.165, 1.54) is 33.0 Å². The van der Waals surface area contributed by atoms with Crippen LogP contribution in [0.15, 0.2) is 176 Å². The number of fused-ring (bicyclic) bond motifs is 1. The minimum absolute atomic E-state index is 0.642. The van der Waals surface area contributed by atoms with Crippen LogP contribution in [-0.4, -0.2) is 15.0 Å². The largest absolute Gasteiger partial charge is 0.208 e. The van der Waals surface area contributed by atoms with Crippen molar-refractivity contribution in [3.63, 3.8) is 0 Å². The van der Waals surface area contributed by atoms with Gasteiger partial charge in [-0.25, -0.2) is 15.0 Å². The molecule has 3 nitrogen and oxygen atoms in total. The molecule has 0 fully saturated rings. The first-order chi connectivity index (χ1) is 22.8. The number of hydrogen-bond acceptors (Lipinski definition) is 3. The Morgan fingerprint density at radius 3 is 1.41 bits per heavy atom. The molecule has 0 atom stereocenters. The van der Waals surface area contributed by atoms with Crippen molar-refractivity contribution in [1.82, 2.24) is 15.0 Å². The molecular weight excluding hydrogens is 558 g/mol. The summed E-state index contributed by atoms with van der Waals surface area (Å²) in [5, 5.41) is 2.48. The SMILES string of the molecule is c1ccc(-c2nc(-c3ccccc3)nc(-c3cccc(-c4ccc(-c5cccc6ccccc56)cc4-c4ccccc4)c3)n2)cc1. The second kappa shape index (κ2) is 12.1. The quantitative estimate of drug-likeness (QED) is 0.194. The first-order valence-corrected chi connectivity index (χ1v) is 15.5. The lowest BCUT2D eigenvalue weighted by Crippen LogP contribution is -2.00. The molecule has 1 aromatic heterocycles. The first kappa shape index (κ1) is 27.4. The van der Waals surface area contributed by atoms with E-state index in [2.05, 4.69) is 115 Å². The van der Waals surface area contributed by atoms with Gasteiger partial charge in [0.1, 0.15) is 0 Å². The monoisotopic (exact) mass is 587 g/mol. The first-order valence-electron chi connectivity index (χ1n) is 15.5. The Hall–Kier alpha value is -6.19. The lowest BCUT2D eigenvalue weighted by atomic mass is 9.89. The van der Waals surface area contributed by atoms with Gasteiger partial charge in [-0.1, -0.05) is 164 Å². The van der Waals surface area contributed by atoms with E-state index in [9.17, 15) is 0 Å². The van der Waals surface area contributed by atoms with Crippen molar-refractivity contribution in [2.75, 3.05) is 0 Å². The van der Waals surface area contributed by atoms with Crippen LogP contribution >= 0.6 is 0 Å². The molecule has 0 N–H and O–H groups in total. The van der Waals surface area contributed by atoms with Crippen LogP contribution in [0.5, 0.6) is 0 Å². The van der Waals surface area contributed by atoms with E-state index in [1.54, 1.807) is 0 Å². The predicted octanol–water partition coefficient (Wildman–Crippen LogP) is 11.0. The highest BCUT2D eigenvalue weighted by molar-refractivity contribution is 5.98. The van der Waals surface area contributed by atoms with Crippen LogP contribution in [0.2, 0.25) is 0 Å². The highest BCUT2D eigenvalue weighted by atomic mass is 15.0. The van der Waals surface area contributed by atoms with Crippen LogP contribution in [0.1, 0.15) is 0 Å². The summed E-state index contributed by atoms with van der Waals surface area (Å²) in [5.41, 5.74) is 9.85. The predicted molar refractivity (Wildman–Crippen MR) is 190 cm³/mol. The van der Waals surface area contributed by atoms with Crippen LogP contribution in [0, 0.1) is 0 Å². The van der Waals surface area contributed by atoms with Crippen molar-refractivity contribution in [3.05, 3.63) is 176 Å². The average Bonchev–Trinajstić information content (AvgIpc) is 3.15. The highest BCUT2D eigenvalue weighted by Crippen LogP contribution is 2.38. The third kappa shape index (κ3) is 5.36. The summed E-state index contributed by atoms with van der Waals surface area (Å²) in [7, 11) is 0. The standard InChI is InChI=1S/C43H29N3/c1-4-14-31(15-5-1)40-29-35(38-25-13-21-30-16-10-11-24-37(30)38)26-27-39(40)34-22-12-23-36(28-34)43-45-41(32-17-6-2-7-18-32)44-42(46-43)33-19-8-3-9-20-33/h1-29H. The van der Waals surface area contributed by atoms with Crippen LogP contribution in [0.3, 0.4) is 0 Å². The molecule has 0 amide bonds. The molecule has 0 bridgehead atoms. The minimum atomic E-state index is 0.642. The highest BCUT2D eigenvalue weighted by Gasteiger charge is 2.15.